The molecule has 1 N–H and O–H groups in total. The van der Waals surface area contributed by atoms with Gasteiger partial charge in [0.1, 0.15) is 10.6 Å². The molecule has 0 fully saturated rings. The van der Waals surface area contributed by atoms with Crippen LogP contribution in [-0.4, -0.2) is 28.9 Å². The molecule has 7 heteroatoms. The van der Waals surface area contributed by atoms with Crippen molar-refractivity contribution < 1.29 is 9.72 Å². The molecule has 18 heavy (non-hydrogen) atoms. The van der Waals surface area contributed by atoms with Gasteiger partial charge < -0.3 is 5.32 Å². The van der Waals surface area contributed by atoms with E-state index in [1.54, 1.807) is 11.8 Å². The molecule has 98 valence electrons. The number of nitrogens with one attached hydrogen (secondary N) is 1. The molecule has 0 saturated carbocycles. The molecule has 0 aliphatic carbocycles. The van der Waals surface area contributed by atoms with Gasteiger partial charge >= 0.3 is 5.69 Å². The molecule has 1 unspecified atom stereocenters. The van der Waals surface area contributed by atoms with Gasteiger partial charge in [-0.25, -0.2) is 0 Å². The van der Waals surface area contributed by atoms with Crippen molar-refractivity contribution in [3.63, 3.8) is 0 Å². The number of nitro benzene ring substituents is 1. The Bertz CT molecular complexity index is 468. The van der Waals surface area contributed by atoms with E-state index in [-0.39, 0.29) is 21.5 Å². The quantitative estimate of drug-likeness (QED) is 0.668. The van der Waals surface area contributed by atoms with Gasteiger partial charge in [0.15, 0.2) is 0 Å². The standard InChI is InChI=1S/C11H13ClN2O3S/c1-7(18-2)6-13-11(15)8-4-3-5-9(12)10(8)14(16)17/h3-5,7H,6H2,1-2H3,(H,13,15). The number of hydrogen-bond acceptors (Lipinski definition) is 4. The second-order valence-electron chi connectivity index (χ2n) is 3.65. The van der Waals surface area contributed by atoms with Crippen LogP contribution < -0.4 is 5.32 Å². The minimum atomic E-state index is -0.644. The van der Waals surface area contributed by atoms with E-state index >= 15 is 0 Å². The van der Waals surface area contributed by atoms with Gasteiger partial charge in [0, 0.05) is 11.8 Å². The minimum Gasteiger partial charge on any atom is -0.351 e. The lowest BCUT2D eigenvalue weighted by Gasteiger charge is -2.10. The van der Waals surface area contributed by atoms with Crippen molar-refractivity contribution in [2.75, 3.05) is 12.8 Å². The number of para-hydroxylation sites is 1. The number of amides is 1. The number of thioether (sulfide) groups is 1. The topological polar surface area (TPSA) is 72.2 Å². The van der Waals surface area contributed by atoms with Gasteiger partial charge in [-0.3, -0.25) is 14.9 Å². The van der Waals surface area contributed by atoms with Gasteiger partial charge in [-0.2, -0.15) is 11.8 Å². The van der Waals surface area contributed by atoms with Crippen LogP contribution in [0, 0.1) is 10.1 Å². The van der Waals surface area contributed by atoms with Crippen LogP contribution in [0.4, 0.5) is 5.69 Å². The van der Waals surface area contributed by atoms with Gasteiger partial charge in [0.2, 0.25) is 0 Å². The summed E-state index contributed by atoms with van der Waals surface area (Å²) in [4.78, 5) is 22.1. The third kappa shape index (κ3) is 3.61. The molecule has 1 aromatic carbocycles. The zero-order chi connectivity index (χ0) is 13.7. The Morgan fingerprint density at radius 3 is 2.83 bits per heavy atom. The summed E-state index contributed by atoms with van der Waals surface area (Å²) in [6.45, 7) is 2.40. The Balaban J connectivity index is 2.92. The van der Waals surface area contributed by atoms with Crippen LogP contribution in [0.25, 0.3) is 0 Å². The second kappa shape index (κ2) is 6.61. The first-order valence-corrected chi connectivity index (χ1v) is 6.87. The van der Waals surface area contributed by atoms with Crippen molar-refractivity contribution in [3.05, 3.63) is 38.9 Å². The third-order valence-electron chi connectivity index (χ3n) is 2.37. The fourth-order valence-electron chi connectivity index (χ4n) is 1.30. The third-order valence-corrected chi connectivity index (χ3v) is 3.64. The van der Waals surface area contributed by atoms with Crippen LogP contribution in [0.5, 0.6) is 0 Å². The van der Waals surface area contributed by atoms with Crippen LogP contribution in [0.15, 0.2) is 18.2 Å². The highest BCUT2D eigenvalue weighted by atomic mass is 35.5. The Kier molecular flexibility index (Phi) is 5.43. The highest BCUT2D eigenvalue weighted by molar-refractivity contribution is 7.99. The summed E-state index contributed by atoms with van der Waals surface area (Å²) in [6.07, 6.45) is 1.93. The van der Waals surface area contributed by atoms with Crippen molar-refractivity contribution >= 4 is 35.0 Å². The minimum absolute atomic E-state index is 0.0131. The van der Waals surface area contributed by atoms with E-state index in [4.69, 9.17) is 11.6 Å². The lowest BCUT2D eigenvalue weighted by molar-refractivity contribution is -0.385. The van der Waals surface area contributed by atoms with E-state index in [0.717, 1.165) is 0 Å². The maximum Gasteiger partial charge on any atom is 0.300 e. The van der Waals surface area contributed by atoms with Crippen molar-refractivity contribution in [3.8, 4) is 0 Å². The first kappa shape index (κ1) is 14.8. The number of hydrogen-bond donors (Lipinski definition) is 1. The summed E-state index contributed by atoms with van der Waals surface area (Å²) in [7, 11) is 0. The van der Waals surface area contributed by atoms with E-state index in [1.165, 1.54) is 18.2 Å². The van der Waals surface area contributed by atoms with Crippen molar-refractivity contribution in [2.24, 2.45) is 0 Å². The van der Waals surface area contributed by atoms with E-state index < -0.39 is 10.8 Å². The summed E-state index contributed by atoms with van der Waals surface area (Å²) >= 11 is 7.33. The lowest BCUT2D eigenvalue weighted by atomic mass is 10.1. The van der Waals surface area contributed by atoms with Gasteiger partial charge in [0.05, 0.1) is 4.92 Å². The predicted octanol–water partition coefficient (Wildman–Crippen LogP) is 2.73. The largest absolute Gasteiger partial charge is 0.351 e. The molecule has 5 nitrogen and oxygen atoms in total. The molecule has 0 aromatic heterocycles. The normalized spacial score (nSPS) is 11.9. The zero-order valence-electron chi connectivity index (χ0n) is 9.97. The number of benzene rings is 1. The molecule has 0 aliphatic heterocycles. The summed E-state index contributed by atoms with van der Waals surface area (Å²) < 4.78 is 0. The SMILES string of the molecule is CSC(C)CNC(=O)c1cccc(Cl)c1[N+](=O)[O-]. The average Bonchev–Trinajstić information content (AvgIpc) is 2.34. The smallest absolute Gasteiger partial charge is 0.300 e. The van der Waals surface area contributed by atoms with Crippen molar-refractivity contribution in [1.29, 1.82) is 0 Å². The molecule has 0 bridgehead atoms. The van der Waals surface area contributed by atoms with Crippen LogP contribution in [-0.2, 0) is 0 Å². The maximum atomic E-state index is 11.9. The molecular weight excluding hydrogens is 276 g/mol. The molecule has 1 atom stereocenters. The van der Waals surface area contributed by atoms with E-state index in [2.05, 4.69) is 5.32 Å². The molecule has 0 aliphatic rings. The van der Waals surface area contributed by atoms with Gasteiger partial charge in [-0.15, -0.1) is 0 Å². The molecule has 1 amide bonds. The summed E-state index contributed by atoms with van der Waals surface area (Å²) in [5.74, 6) is -0.481. The van der Waals surface area contributed by atoms with Crippen LogP contribution >= 0.6 is 23.4 Å². The number of nitro groups is 1. The fourth-order valence-corrected chi connectivity index (χ4v) is 1.79. The summed E-state index contributed by atoms with van der Waals surface area (Å²) in [5.41, 5.74) is -0.366. The molecule has 0 saturated heterocycles. The molecule has 1 aromatic rings. The van der Waals surface area contributed by atoms with Crippen molar-refractivity contribution in [2.45, 2.75) is 12.2 Å². The fraction of sp³-hybridized carbons (Fsp3) is 0.364. The Labute approximate surface area is 114 Å². The van der Waals surface area contributed by atoms with Crippen LogP contribution in [0.3, 0.4) is 0 Å². The number of carbonyl (C=O) groups is 1. The molecule has 0 spiro atoms. The van der Waals surface area contributed by atoms with E-state index in [0.29, 0.717) is 6.54 Å². The number of rotatable bonds is 5. The van der Waals surface area contributed by atoms with Gasteiger partial charge in [-0.05, 0) is 18.4 Å². The highest BCUT2D eigenvalue weighted by Crippen LogP contribution is 2.28. The lowest BCUT2D eigenvalue weighted by Crippen LogP contribution is -2.29. The highest BCUT2D eigenvalue weighted by Gasteiger charge is 2.23. The van der Waals surface area contributed by atoms with Gasteiger partial charge in [-0.1, -0.05) is 24.6 Å². The first-order valence-electron chi connectivity index (χ1n) is 5.21. The monoisotopic (exact) mass is 288 g/mol. The average molecular weight is 289 g/mol. The predicted molar refractivity (Wildman–Crippen MR) is 73.4 cm³/mol. The van der Waals surface area contributed by atoms with Gasteiger partial charge in [0.25, 0.3) is 5.91 Å². The number of nitrogens with zero attached hydrogens (tertiary/aromatic N) is 1. The number of carbonyl (C=O) groups excluding carboxylic acids is 1. The Morgan fingerprint density at radius 2 is 2.28 bits per heavy atom. The van der Waals surface area contributed by atoms with E-state index in [9.17, 15) is 14.9 Å². The Morgan fingerprint density at radius 1 is 1.61 bits per heavy atom. The molecule has 0 heterocycles. The molecular formula is C11H13ClN2O3S. The summed E-state index contributed by atoms with van der Waals surface area (Å²) in [5, 5.41) is 13.7. The van der Waals surface area contributed by atoms with Crippen LogP contribution in [0.1, 0.15) is 17.3 Å². The summed E-state index contributed by atoms with van der Waals surface area (Å²) in [6, 6.07) is 4.30. The first-order chi connectivity index (χ1) is 8.47. The zero-order valence-corrected chi connectivity index (χ0v) is 11.5. The molecule has 1 rings (SSSR count). The van der Waals surface area contributed by atoms with Crippen LogP contribution in [0.2, 0.25) is 5.02 Å². The Hall–Kier alpha value is -1.27. The molecule has 0 radical (unpaired) electrons. The number of halogens is 1. The van der Waals surface area contributed by atoms with E-state index in [1.807, 2.05) is 13.2 Å². The maximum absolute atomic E-state index is 11.9. The second-order valence-corrected chi connectivity index (χ2v) is 5.33. The van der Waals surface area contributed by atoms with Crippen molar-refractivity contribution in [1.82, 2.24) is 5.32 Å².